The zero-order chi connectivity index (χ0) is 25.8. The summed E-state index contributed by atoms with van der Waals surface area (Å²) in [6, 6.07) is 17.0. The molecule has 186 valence electrons. The summed E-state index contributed by atoms with van der Waals surface area (Å²) in [6.45, 7) is 0.204. The molecule has 1 saturated heterocycles. The normalized spacial score (nSPS) is 16.8. The van der Waals surface area contributed by atoms with E-state index in [1.807, 2.05) is 24.3 Å². The highest BCUT2D eigenvalue weighted by atomic mass is 19.1. The van der Waals surface area contributed by atoms with Gasteiger partial charge in [-0.1, -0.05) is 24.3 Å². The number of aliphatic hydroxyl groups is 1. The molecular weight excluding hydrogens is 465 g/mol. The number of rotatable bonds is 8. The first-order chi connectivity index (χ1) is 17.4. The Morgan fingerprint density at radius 1 is 0.917 bits per heavy atom. The number of carbonyl (C=O) groups excluding carboxylic acids is 2. The van der Waals surface area contributed by atoms with Crippen LogP contribution in [-0.2, 0) is 16.0 Å². The maximum absolute atomic E-state index is 14.1. The van der Waals surface area contributed by atoms with E-state index in [2.05, 4.69) is 0 Å². The first-order valence-electron chi connectivity index (χ1n) is 11.3. The molecule has 1 amide bonds. The number of amides is 1. The second-order valence-corrected chi connectivity index (χ2v) is 8.21. The van der Waals surface area contributed by atoms with Crippen molar-refractivity contribution in [1.29, 1.82) is 0 Å². The maximum atomic E-state index is 14.1. The molecule has 0 spiro atoms. The third kappa shape index (κ3) is 4.75. The minimum atomic E-state index is -0.911. The van der Waals surface area contributed by atoms with Crippen molar-refractivity contribution < 1.29 is 33.3 Å². The van der Waals surface area contributed by atoms with Gasteiger partial charge in [0.1, 0.15) is 28.8 Å². The lowest BCUT2D eigenvalue weighted by Crippen LogP contribution is -2.31. The number of halogens is 1. The molecule has 7 nitrogen and oxygen atoms in total. The molecule has 0 saturated carbocycles. The summed E-state index contributed by atoms with van der Waals surface area (Å²) < 4.78 is 29.9. The summed E-state index contributed by atoms with van der Waals surface area (Å²) in [7, 11) is 4.46. The first-order valence-corrected chi connectivity index (χ1v) is 11.3. The van der Waals surface area contributed by atoms with Crippen molar-refractivity contribution in [3.8, 4) is 17.2 Å². The predicted molar refractivity (Wildman–Crippen MR) is 132 cm³/mol. The Labute approximate surface area is 208 Å². The fraction of sp³-hybridized carbons (Fsp3) is 0.214. The van der Waals surface area contributed by atoms with E-state index in [1.165, 1.54) is 31.3 Å². The Bertz CT molecular complexity index is 1320. The molecule has 1 fully saturated rings. The Morgan fingerprint density at radius 2 is 1.64 bits per heavy atom. The number of ketones is 1. The minimum Gasteiger partial charge on any atom is -0.507 e. The van der Waals surface area contributed by atoms with Crippen LogP contribution < -0.4 is 14.2 Å². The molecule has 3 aromatic rings. The zero-order valence-corrected chi connectivity index (χ0v) is 20.2. The molecular formula is C28H26FNO6. The largest absolute Gasteiger partial charge is 0.507 e. The lowest BCUT2D eigenvalue weighted by Gasteiger charge is -2.26. The van der Waals surface area contributed by atoms with Crippen molar-refractivity contribution in [2.45, 2.75) is 12.5 Å². The van der Waals surface area contributed by atoms with Crippen molar-refractivity contribution in [3.05, 3.63) is 94.8 Å². The van der Waals surface area contributed by atoms with Gasteiger partial charge in [0, 0.05) is 6.54 Å². The molecule has 0 bridgehead atoms. The van der Waals surface area contributed by atoms with Crippen LogP contribution in [0.4, 0.5) is 4.39 Å². The molecule has 1 atom stereocenters. The van der Waals surface area contributed by atoms with Crippen LogP contribution in [0.3, 0.4) is 0 Å². The summed E-state index contributed by atoms with van der Waals surface area (Å²) in [5, 5.41) is 11.3. The van der Waals surface area contributed by atoms with Crippen LogP contribution in [0.2, 0.25) is 0 Å². The van der Waals surface area contributed by atoms with Crippen LogP contribution in [0, 0.1) is 5.82 Å². The zero-order valence-electron chi connectivity index (χ0n) is 20.2. The summed E-state index contributed by atoms with van der Waals surface area (Å²) in [4.78, 5) is 27.9. The number of benzene rings is 3. The van der Waals surface area contributed by atoms with Crippen LogP contribution in [-0.4, -0.2) is 49.6 Å². The number of hydrogen-bond donors (Lipinski definition) is 1. The number of likely N-dealkylation sites (tertiary alicyclic amines) is 1. The van der Waals surface area contributed by atoms with Gasteiger partial charge < -0.3 is 24.2 Å². The van der Waals surface area contributed by atoms with Gasteiger partial charge >= 0.3 is 0 Å². The van der Waals surface area contributed by atoms with Crippen LogP contribution in [0.1, 0.15) is 22.7 Å². The summed E-state index contributed by atoms with van der Waals surface area (Å²) >= 11 is 0. The van der Waals surface area contributed by atoms with Crippen LogP contribution in [0.15, 0.2) is 72.3 Å². The molecule has 1 aliphatic rings. The average molecular weight is 492 g/mol. The molecule has 1 heterocycles. The summed E-state index contributed by atoms with van der Waals surface area (Å²) in [5.41, 5.74) is 1.35. The third-order valence-corrected chi connectivity index (χ3v) is 6.17. The molecule has 0 radical (unpaired) electrons. The van der Waals surface area contributed by atoms with Gasteiger partial charge in [0.2, 0.25) is 0 Å². The Balaban J connectivity index is 1.81. The molecule has 3 aromatic carbocycles. The van der Waals surface area contributed by atoms with Gasteiger partial charge in [-0.25, -0.2) is 4.39 Å². The molecule has 36 heavy (non-hydrogen) atoms. The maximum Gasteiger partial charge on any atom is 0.295 e. The average Bonchev–Trinajstić information content (AvgIpc) is 3.16. The minimum absolute atomic E-state index is 0.0152. The lowest BCUT2D eigenvalue weighted by atomic mass is 9.94. The number of Topliss-reactive ketones (excluding diaryl/α,β-unsaturated/α-hetero) is 1. The van der Waals surface area contributed by atoms with Gasteiger partial charge in [-0.05, 0) is 60.0 Å². The molecule has 0 aliphatic carbocycles. The molecule has 1 unspecified atom stereocenters. The Hall–Kier alpha value is -4.33. The third-order valence-electron chi connectivity index (χ3n) is 6.17. The molecule has 4 rings (SSSR count). The highest BCUT2D eigenvalue weighted by Gasteiger charge is 2.46. The van der Waals surface area contributed by atoms with Gasteiger partial charge in [0.05, 0.1) is 38.5 Å². The number of carbonyl (C=O) groups is 2. The first kappa shape index (κ1) is 24.8. The number of nitrogens with zero attached hydrogens (tertiary/aromatic N) is 1. The summed E-state index contributed by atoms with van der Waals surface area (Å²) in [6.07, 6.45) is 0.459. The van der Waals surface area contributed by atoms with Gasteiger partial charge in [0.25, 0.3) is 11.7 Å². The van der Waals surface area contributed by atoms with E-state index in [0.29, 0.717) is 23.5 Å². The van der Waals surface area contributed by atoms with Crippen LogP contribution in [0.25, 0.3) is 5.76 Å². The fourth-order valence-corrected chi connectivity index (χ4v) is 4.32. The standard InChI is InChI=1S/C28H26FNO6/c1-34-20-10-7-17(8-11-20)13-14-30-25(18-5-4-6-21(15-18)35-2)24(27(32)28(30)33)26(31)22-16-19(29)9-12-23(22)36-3/h4-12,15-16,25,31H,13-14H2,1-3H3/b26-24+. The van der Waals surface area contributed by atoms with Crippen LogP contribution in [0.5, 0.6) is 17.2 Å². The molecule has 0 aromatic heterocycles. The fourth-order valence-electron chi connectivity index (χ4n) is 4.32. The Kier molecular flexibility index (Phi) is 7.24. The molecule has 1 N–H and O–H groups in total. The monoisotopic (exact) mass is 491 g/mol. The van der Waals surface area contributed by atoms with Crippen molar-refractivity contribution >= 4 is 17.4 Å². The van der Waals surface area contributed by atoms with Gasteiger partial charge in [-0.15, -0.1) is 0 Å². The molecule has 1 aliphatic heterocycles. The van der Waals surface area contributed by atoms with Gasteiger partial charge in [-0.2, -0.15) is 0 Å². The van der Waals surface area contributed by atoms with Crippen molar-refractivity contribution in [3.63, 3.8) is 0 Å². The van der Waals surface area contributed by atoms with E-state index in [4.69, 9.17) is 14.2 Å². The van der Waals surface area contributed by atoms with E-state index in [9.17, 15) is 19.1 Å². The van der Waals surface area contributed by atoms with Crippen LogP contribution >= 0.6 is 0 Å². The van der Waals surface area contributed by atoms with Gasteiger partial charge in [-0.3, -0.25) is 9.59 Å². The van der Waals surface area contributed by atoms with Crippen molar-refractivity contribution in [2.24, 2.45) is 0 Å². The van der Waals surface area contributed by atoms with Crippen molar-refractivity contribution in [1.82, 2.24) is 4.90 Å². The highest BCUT2D eigenvalue weighted by molar-refractivity contribution is 6.46. The summed E-state index contributed by atoms with van der Waals surface area (Å²) in [5.74, 6) is -1.35. The number of ether oxygens (including phenoxy) is 3. The lowest BCUT2D eigenvalue weighted by molar-refractivity contribution is -0.139. The second-order valence-electron chi connectivity index (χ2n) is 8.21. The van der Waals surface area contributed by atoms with Crippen molar-refractivity contribution in [2.75, 3.05) is 27.9 Å². The smallest absolute Gasteiger partial charge is 0.295 e. The van der Waals surface area contributed by atoms with E-state index < -0.39 is 29.3 Å². The number of hydrogen-bond acceptors (Lipinski definition) is 6. The quantitative estimate of drug-likeness (QED) is 0.283. The number of methoxy groups -OCH3 is 3. The van der Waals surface area contributed by atoms with Gasteiger partial charge in [0.15, 0.2) is 0 Å². The van der Waals surface area contributed by atoms with E-state index in [1.54, 1.807) is 31.4 Å². The highest BCUT2D eigenvalue weighted by Crippen LogP contribution is 2.41. The van der Waals surface area contributed by atoms with E-state index in [-0.39, 0.29) is 23.4 Å². The topological polar surface area (TPSA) is 85.3 Å². The van der Waals surface area contributed by atoms with E-state index >= 15 is 0 Å². The van der Waals surface area contributed by atoms with E-state index in [0.717, 1.165) is 11.6 Å². The Morgan fingerprint density at radius 3 is 2.31 bits per heavy atom. The second kappa shape index (κ2) is 10.5. The SMILES string of the molecule is COc1ccc(CCN2C(=O)C(=O)/C(=C(/O)c3cc(F)ccc3OC)C2c2cccc(OC)c2)cc1. The number of aliphatic hydroxyl groups excluding tert-OH is 1. The molecule has 8 heteroatoms. The predicted octanol–water partition coefficient (Wildman–Crippen LogP) is 4.52.